The van der Waals surface area contributed by atoms with Crippen molar-refractivity contribution in [1.82, 2.24) is 4.90 Å². The molecule has 0 fully saturated rings. The van der Waals surface area contributed by atoms with E-state index < -0.39 is 5.41 Å². The second kappa shape index (κ2) is 7.94. The summed E-state index contributed by atoms with van der Waals surface area (Å²) in [5, 5.41) is 0. The summed E-state index contributed by atoms with van der Waals surface area (Å²) in [7, 11) is 0. The van der Waals surface area contributed by atoms with E-state index in [0.717, 1.165) is 0 Å². The lowest BCUT2D eigenvalue weighted by atomic mass is 9.95. The first kappa shape index (κ1) is 17.6. The molecule has 0 N–H and O–H groups in total. The summed E-state index contributed by atoms with van der Waals surface area (Å²) in [6, 6.07) is 0. The maximum atomic E-state index is 12.2. The van der Waals surface area contributed by atoms with Crippen LogP contribution in [0.1, 0.15) is 34.1 Å². The van der Waals surface area contributed by atoms with Gasteiger partial charge >= 0.3 is 5.97 Å². The first-order valence-corrected chi connectivity index (χ1v) is 7.26. The molecule has 0 aromatic heterocycles. The number of carbonyl (C=O) groups is 2. The topological polar surface area (TPSA) is 46.6 Å². The second-order valence-electron chi connectivity index (χ2n) is 4.72. The Morgan fingerprint density at radius 3 is 2.22 bits per heavy atom. The van der Waals surface area contributed by atoms with Crippen molar-refractivity contribution in [3.05, 3.63) is 9.59 Å². The molecule has 0 aliphatic carbocycles. The number of hydrogen-bond acceptors (Lipinski definition) is 3. The van der Waals surface area contributed by atoms with E-state index in [2.05, 4.69) is 31.9 Å². The molecule has 0 atom stereocenters. The zero-order valence-electron chi connectivity index (χ0n) is 11.1. The Kier molecular flexibility index (Phi) is 7.78. The van der Waals surface area contributed by atoms with Gasteiger partial charge in [-0.3, -0.25) is 9.59 Å². The molecule has 18 heavy (non-hydrogen) atoms. The monoisotopic (exact) mass is 383 g/mol. The number of nitrogens with zero attached hydrogens (tertiary/aromatic N) is 1. The third-order valence-electron chi connectivity index (χ3n) is 2.02. The van der Waals surface area contributed by atoms with Gasteiger partial charge in [0.05, 0.1) is 16.4 Å². The van der Waals surface area contributed by atoms with Crippen LogP contribution in [0.25, 0.3) is 0 Å². The predicted octanol–water partition coefficient (Wildman–Crippen LogP) is 3.40. The van der Waals surface area contributed by atoms with Gasteiger partial charge in [0.2, 0.25) is 5.91 Å². The van der Waals surface area contributed by atoms with Gasteiger partial charge in [-0.05, 0) is 38.8 Å². The number of carbonyl (C=O) groups excluding carboxylic acids is 2. The lowest BCUT2D eigenvalue weighted by molar-refractivity contribution is -0.144. The van der Waals surface area contributed by atoms with Crippen LogP contribution in [-0.4, -0.2) is 29.9 Å². The Hall–Kier alpha value is -0.360. The van der Waals surface area contributed by atoms with E-state index in [1.165, 1.54) is 4.90 Å². The lowest BCUT2D eigenvalue weighted by Gasteiger charge is -2.26. The van der Waals surface area contributed by atoms with Crippen LogP contribution >= 0.6 is 31.9 Å². The molecule has 0 bridgehead atoms. The van der Waals surface area contributed by atoms with Gasteiger partial charge in [-0.25, -0.2) is 0 Å². The van der Waals surface area contributed by atoms with Gasteiger partial charge < -0.3 is 9.64 Å². The van der Waals surface area contributed by atoms with Gasteiger partial charge in [-0.1, -0.05) is 20.8 Å². The number of hydrogen-bond donors (Lipinski definition) is 0. The van der Waals surface area contributed by atoms with Gasteiger partial charge in [0, 0.05) is 18.2 Å². The average Bonchev–Trinajstić information content (AvgIpc) is 2.21. The zero-order chi connectivity index (χ0) is 14.3. The molecule has 0 saturated carbocycles. The van der Waals surface area contributed by atoms with Crippen LogP contribution in [0.5, 0.6) is 0 Å². The van der Waals surface area contributed by atoms with Gasteiger partial charge in [0.15, 0.2) is 0 Å². The number of ether oxygens (including phenoxy) is 1. The third kappa shape index (κ3) is 7.16. The molecule has 104 valence electrons. The summed E-state index contributed by atoms with van der Waals surface area (Å²) >= 11 is 6.43. The highest BCUT2D eigenvalue weighted by molar-refractivity contribution is 9.28. The van der Waals surface area contributed by atoms with Crippen LogP contribution < -0.4 is 0 Å². The number of halogens is 2. The van der Waals surface area contributed by atoms with Crippen LogP contribution in [-0.2, 0) is 14.3 Å². The maximum Gasteiger partial charge on any atom is 0.307 e. The molecule has 0 radical (unpaired) electrons. The van der Waals surface area contributed by atoms with E-state index in [1.807, 2.05) is 20.8 Å². The van der Waals surface area contributed by atoms with Crippen LogP contribution in [0.4, 0.5) is 0 Å². The smallest absolute Gasteiger partial charge is 0.307 e. The Labute approximate surface area is 125 Å². The fourth-order valence-corrected chi connectivity index (χ4v) is 1.71. The van der Waals surface area contributed by atoms with Crippen molar-refractivity contribution < 1.29 is 14.3 Å². The Morgan fingerprint density at radius 2 is 1.83 bits per heavy atom. The number of amides is 1. The highest BCUT2D eigenvalue weighted by atomic mass is 79.9. The summed E-state index contributed by atoms with van der Waals surface area (Å²) in [4.78, 5) is 25.0. The van der Waals surface area contributed by atoms with Gasteiger partial charge in [0.1, 0.15) is 0 Å². The Morgan fingerprint density at radius 1 is 1.28 bits per heavy atom. The first-order chi connectivity index (χ1) is 8.18. The van der Waals surface area contributed by atoms with Crippen LogP contribution in [0.15, 0.2) is 9.59 Å². The quantitative estimate of drug-likeness (QED) is 0.682. The van der Waals surface area contributed by atoms with Crippen molar-refractivity contribution in [2.45, 2.75) is 34.1 Å². The molecular formula is C12H19Br2NO3. The molecule has 0 saturated heterocycles. The van der Waals surface area contributed by atoms with Gasteiger partial charge in [0.25, 0.3) is 0 Å². The zero-order valence-corrected chi connectivity index (χ0v) is 14.3. The van der Waals surface area contributed by atoms with E-state index in [-0.39, 0.29) is 18.3 Å². The second-order valence-corrected chi connectivity index (χ2v) is 7.50. The highest BCUT2D eigenvalue weighted by Crippen LogP contribution is 2.21. The maximum absolute atomic E-state index is 12.2. The molecular weight excluding hydrogens is 366 g/mol. The molecule has 0 aliphatic rings. The minimum Gasteiger partial charge on any atom is -0.466 e. The molecule has 6 heteroatoms. The van der Waals surface area contributed by atoms with Crippen molar-refractivity contribution >= 4 is 43.7 Å². The van der Waals surface area contributed by atoms with Gasteiger partial charge in [-0.2, -0.15) is 0 Å². The highest BCUT2D eigenvalue weighted by Gasteiger charge is 2.26. The average molecular weight is 385 g/mol. The molecule has 1 amide bonds. The van der Waals surface area contributed by atoms with Crippen molar-refractivity contribution in [2.24, 2.45) is 5.41 Å². The number of esters is 1. The summed E-state index contributed by atoms with van der Waals surface area (Å²) in [5.41, 5.74) is -0.499. The molecule has 0 aromatic rings. The van der Waals surface area contributed by atoms with E-state index >= 15 is 0 Å². The SMILES string of the molecule is CCOC(=O)CCN(C=C(Br)Br)C(=O)C(C)(C)C. The fraction of sp³-hybridized carbons (Fsp3) is 0.667. The first-order valence-electron chi connectivity index (χ1n) is 5.68. The molecule has 0 spiro atoms. The summed E-state index contributed by atoms with van der Waals surface area (Å²) in [6.45, 7) is 7.92. The van der Waals surface area contributed by atoms with E-state index in [0.29, 0.717) is 16.5 Å². The molecule has 4 nitrogen and oxygen atoms in total. The van der Waals surface area contributed by atoms with Crippen molar-refractivity contribution in [2.75, 3.05) is 13.2 Å². The van der Waals surface area contributed by atoms with Crippen molar-refractivity contribution in [1.29, 1.82) is 0 Å². The Bertz CT molecular complexity index is 331. The Balaban J connectivity index is 4.67. The molecule has 0 unspecified atom stereocenters. The van der Waals surface area contributed by atoms with E-state index in [1.54, 1.807) is 13.1 Å². The van der Waals surface area contributed by atoms with Gasteiger partial charge in [-0.15, -0.1) is 0 Å². The molecule has 0 heterocycles. The molecule has 0 rings (SSSR count). The van der Waals surface area contributed by atoms with Crippen molar-refractivity contribution in [3.63, 3.8) is 0 Å². The largest absolute Gasteiger partial charge is 0.466 e. The summed E-state index contributed by atoms with van der Waals surface area (Å²) in [5.74, 6) is -0.355. The third-order valence-corrected chi connectivity index (χ3v) is 2.43. The predicted molar refractivity (Wildman–Crippen MR) is 78.4 cm³/mol. The summed E-state index contributed by atoms with van der Waals surface area (Å²) < 4.78 is 5.49. The van der Waals surface area contributed by atoms with Crippen LogP contribution in [0.3, 0.4) is 0 Å². The minimum atomic E-state index is -0.499. The van der Waals surface area contributed by atoms with Crippen LogP contribution in [0, 0.1) is 5.41 Å². The van der Waals surface area contributed by atoms with Crippen LogP contribution in [0.2, 0.25) is 0 Å². The normalized spacial score (nSPS) is 10.8. The minimum absolute atomic E-state index is 0.0526. The standard InChI is InChI=1S/C12H19Br2NO3/c1-5-18-10(16)6-7-15(8-9(13)14)11(17)12(2,3)4/h8H,5-7H2,1-4H3. The molecule has 0 aromatic carbocycles. The van der Waals surface area contributed by atoms with E-state index in [4.69, 9.17) is 4.74 Å². The van der Waals surface area contributed by atoms with E-state index in [9.17, 15) is 9.59 Å². The summed E-state index contributed by atoms with van der Waals surface area (Å²) in [6.07, 6.45) is 1.80. The molecule has 0 aliphatic heterocycles. The lowest BCUT2D eigenvalue weighted by Crippen LogP contribution is -2.37. The fourth-order valence-electron chi connectivity index (χ4n) is 1.22. The number of rotatable bonds is 5. The van der Waals surface area contributed by atoms with Crippen molar-refractivity contribution in [3.8, 4) is 0 Å².